The third-order valence-electron chi connectivity index (χ3n) is 6.39. The van der Waals surface area contributed by atoms with Gasteiger partial charge in [-0.3, -0.25) is 10.1 Å². The number of aromatic nitrogens is 3. The normalized spacial score (nSPS) is 14.0. The molecule has 1 saturated heterocycles. The number of fused-ring (bicyclic) bond motifs is 1. The summed E-state index contributed by atoms with van der Waals surface area (Å²) in [5.74, 6) is 0.946. The number of amides is 3. The monoisotopic (exact) mass is 550 g/mol. The van der Waals surface area contributed by atoms with Gasteiger partial charge in [-0.25, -0.2) is 19.7 Å². The Morgan fingerprint density at radius 3 is 2.76 bits per heavy atom. The fourth-order valence-electron chi connectivity index (χ4n) is 4.32. The van der Waals surface area contributed by atoms with Gasteiger partial charge in [0.1, 0.15) is 12.1 Å². The van der Waals surface area contributed by atoms with Crippen LogP contribution in [-0.2, 0) is 17.6 Å². The number of likely N-dealkylation sites (N-methyl/N-ethyl adjacent to an activating group) is 1. The number of piperazine rings is 1. The number of urea groups is 1. The number of thiazole rings is 1. The first-order valence-corrected chi connectivity index (χ1v) is 14.3. The molecule has 4 aromatic rings. The van der Waals surface area contributed by atoms with Crippen molar-refractivity contribution in [2.75, 3.05) is 55.2 Å². The van der Waals surface area contributed by atoms with Crippen LogP contribution < -0.4 is 16.0 Å². The summed E-state index contributed by atoms with van der Waals surface area (Å²) in [7, 11) is 0. The molecular weight excluding hydrogens is 520 g/mol. The number of nitrogens with one attached hydrogen (secondary N) is 3. The molecule has 12 heteroatoms. The zero-order chi connectivity index (χ0) is 26.3. The Kier molecular flexibility index (Phi) is 8.41. The van der Waals surface area contributed by atoms with Gasteiger partial charge < -0.3 is 20.4 Å². The molecule has 1 fully saturated rings. The molecule has 1 aromatic carbocycles. The van der Waals surface area contributed by atoms with Gasteiger partial charge in [0.25, 0.3) is 0 Å². The third kappa shape index (κ3) is 6.63. The van der Waals surface area contributed by atoms with Crippen LogP contribution >= 0.6 is 22.7 Å². The fourth-order valence-corrected chi connectivity index (χ4v) is 5.94. The van der Waals surface area contributed by atoms with E-state index in [1.807, 2.05) is 40.6 Å². The second-order valence-electron chi connectivity index (χ2n) is 8.94. The van der Waals surface area contributed by atoms with Crippen LogP contribution in [0.1, 0.15) is 17.4 Å². The van der Waals surface area contributed by atoms with Gasteiger partial charge >= 0.3 is 6.03 Å². The molecule has 0 radical (unpaired) electrons. The second-order valence-corrected chi connectivity index (χ2v) is 11.0. The molecule has 5 rings (SSSR count). The maximum atomic E-state index is 12.7. The molecule has 198 valence electrons. The van der Waals surface area contributed by atoms with Gasteiger partial charge in [0.2, 0.25) is 5.91 Å². The number of benzene rings is 1. The zero-order valence-corrected chi connectivity index (χ0v) is 22.8. The number of thiophene rings is 1. The largest absolute Gasteiger partial charge is 0.368 e. The predicted molar refractivity (Wildman–Crippen MR) is 153 cm³/mol. The Balaban J connectivity index is 1.08. The van der Waals surface area contributed by atoms with Crippen LogP contribution in [0.3, 0.4) is 0 Å². The summed E-state index contributed by atoms with van der Waals surface area (Å²) in [6.45, 7) is 7.20. The lowest BCUT2D eigenvalue weighted by atomic mass is 10.1. The van der Waals surface area contributed by atoms with Gasteiger partial charge in [0.15, 0.2) is 5.13 Å². The van der Waals surface area contributed by atoms with Crippen LogP contribution in [-0.4, -0.2) is 76.0 Å². The van der Waals surface area contributed by atoms with Crippen molar-refractivity contribution in [3.8, 4) is 0 Å². The lowest BCUT2D eigenvalue weighted by Gasteiger charge is -2.34. The van der Waals surface area contributed by atoms with E-state index in [1.54, 1.807) is 23.9 Å². The maximum absolute atomic E-state index is 12.7. The number of nitrogens with zero attached hydrogens (tertiary/aromatic N) is 5. The number of carbonyl (C=O) groups is 2. The molecule has 0 aliphatic carbocycles. The van der Waals surface area contributed by atoms with Crippen LogP contribution in [0.15, 0.2) is 48.2 Å². The van der Waals surface area contributed by atoms with Crippen LogP contribution in [0.5, 0.6) is 0 Å². The highest BCUT2D eigenvalue weighted by atomic mass is 32.1. The molecule has 0 saturated carbocycles. The molecule has 0 spiro atoms. The molecule has 3 amide bonds. The maximum Gasteiger partial charge on any atom is 0.325 e. The molecule has 3 N–H and O–H groups in total. The smallest absolute Gasteiger partial charge is 0.325 e. The Bertz CT molecular complexity index is 1400. The van der Waals surface area contributed by atoms with E-state index < -0.39 is 0 Å². The third-order valence-corrected chi connectivity index (χ3v) is 8.28. The standard InChI is InChI=1S/C26H30N8O2S2/c1-2-33-9-11-34(12-10-33)22(35)15-18-4-3-5-19(14-18)31-25(36)32-26-28-16-20(38-26)6-8-27-24-23-21(7-13-37-23)29-17-30-24/h3-5,7,13-14,16-17H,2,6,8-12,15H2,1H3,(H,27,29,30)(H2,28,31,32,36). The van der Waals surface area contributed by atoms with E-state index in [0.717, 1.165) is 65.6 Å². The first-order chi connectivity index (χ1) is 18.6. The van der Waals surface area contributed by atoms with Gasteiger partial charge in [-0.1, -0.05) is 19.1 Å². The van der Waals surface area contributed by atoms with E-state index in [4.69, 9.17) is 0 Å². The lowest BCUT2D eigenvalue weighted by Crippen LogP contribution is -2.48. The van der Waals surface area contributed by atoms with Crippen molar-refractivity contribution in [3.05, 3.63) is 58.7 Å². The summed E-state index contributed by atoms with van der Waals surface area (Å²) in [6, 6.07) is 9.02. The molecule has 0 bridgehead atoms. The minimum absolute atomic E-state index is 0.117. The topological polar surface area (TPSA) is 115 Å². The summed E-state index contributed by atoms with van der Waals surface area (Å²) >= 11 is 3.04. The molecular formula is C26H30N8O2S2. The first kappa shape index (κ1) is 26.0. The number of hydrogen-bond acceptors (Lipinski definition) is 9. The lowest BCUT2D eigenvalue weighted by molar-refractivity contribution is -0.132. The molecule has 4 heterocycles. The Hall–Kier alpha value is -3.61. The van der Waals surface area contributed by atoms with Crippen molar-refractivity contribution in [2.45, 2.75) is 19.8 Å². The molecule has 10 nitrogen and oxygen atoms in total. The number of carbonyl (C=O) groups excluding carboxylic acids is 2. The Morgan fingerprint density at radius 2 is 1.92 bits per heavy atom. The average Bonchev–Trinajstić information content (AvgIpc) is 3.59. The summed E-state index contributed by atoms with van der Waals surface area (Å²) < 4.78 is 1.04. The van der Waals surface area contributed by atoms with Gasteiger partial charge in [0, 0.05) is 55.9 Å². The van der Waals surface area contributed by atoms with Crippen LogP contribution in [0.4, 0.5) is 21.4 Å². The molecule has 38 heavy (non-hydrogen) atoms. The van der Waals surface area contributed by atoms with E-state index in [1.165, 1.54) is 11.3 Å². The fraction of sp³-hybridized carbons (Fsp3) is 0.346. The van der Waals surface area contributed by atoms with Crippen molar-refractivity contribution in [2.24, 2.45) is 0 Å². The molecule has 0 unspecified atom stereocenters. The van der Waals surface area contributed by atoms with E-state index in [-0.39, 0.29) is 11.9 Å². The van der Waals surface area contributed by atoms with Gasteiger partial charge in [0.05, 0.1) is 16.6 Å². The summed E-state index contributed by atoms with van der Waals surface area (Å²) in [5, 5.41) is 11.5. The minimum Gasteiger partial charge on any atom is -0.368 e. The zero-order valence-electron chi connectivity index (χ0n) is 21.1. The predicted octanol–water partition coefficient (Wildman–Crippen LogP) is 4.15. The van der Waals surface area contributed by atoms with E-state index in [9.17, 15) is 9.59 Å². The number of hydrogen-bond donors (Lipinski definition) is 3. The number of rotatable bonds is 9. The van der Waals surface area contributed by atoms with Crippen molar-refractivity contribution in [3.63, 3.8) is 0 Å². The summed E-state index contributed by atoms with van der Waals surface area (Å²) in [5.41, 5.74) is 2.44. The molecule has 1 aliphatic heterocycles. The quantitative estimate of drug-likeness (QED) is 0.287. The van der Waals surface area contributed by atoms with Crippen molar-refractivity contribution in [1.29, 1.82) is 0 Å². The second kappa shape index (κ2) is 12.3. The van der Waals surface area contributed by atoms with Crippen LogP contribution in [0.25, 0.3) is 10.2 Å². The number of anilines is 3. The highest BCUT2D eigenvalue weighted by molar-refractivity contribution is 7.17. The molecule has 1 aliphatic rings. The summed E-state index contributed by atoms with van der Waals surface area (Å²) in [6.07, 6.45) is 4.41. The Morgan fingerprint density at radius 1 is 1.05 bits per heavy atom. The first-order valence-electron chi connectivity index (χ1n) is 12.6. The van der Waals surface area contributed by atoms with Gasteiger partial charge in [-0.05, 0) is 35.7 Å². The molecule has 3 aromatic heterocycles. The SMILES string of the molecule is CCN1CCN(C(=O)Cc2cccc(NC(=O)Nc3ncc(CCNc4ncnc5ccsc45)s3)c2)CC1. The highest BCUT2D eigenvalue weighted by Gasteiger charge is 2.20. The van der Waals surface area contributed by atoms with Gasteiger partial charge in [-0.2, -0.15) is 0 Å². The van der Waals surface area contributed by atoms with Crippen molar-refractivity contribution < 1.29 is 9.59 Å². The average molecular weight is 551 g/mol. The van der Waals surface area contributed by atoms with Gasteiger partial charge in [-0.15, -0.1) is 22.7 Å². The van der Waals surface area contributed by atoms with E-state index in [0.29, 0.717) is 23.8 Å². The van der Waals surface area contributed by atoms with Crippen molar-refractivity contribution in [1.82, 2.24) is 24.8 Å². The minimum atomic E-state index is -0.371. The van der Waals surface area contributed by atoms with Crippen LogP contribution in [0.2, 0.25) is 0 Å². The van der Waals surface area contributed by atoms with E-state index in [2.05, 4.69) is 42.7 Å². The molecule has 0 atom stereocenters. The highest BCUT2D eigenvalue weighted by Crippen LogP contribution is 2.25. The van der Waals surface area contributed by atoms with E-state index >= 15 is 0 Å². The van der Waals surface area contributed by atoms with Crippen LogP contribution in [0, 0.1) is 0 Å². The van der Waals surface area contributed by atoms with Crippen molar-refractivity contribution >= 4 is 61.5 Å². The summed E-state index contributed by atoms with van der Waals surface area (Å²) in [4.78, 5) is 43.5. The Labute approximate surface area is 229 Å².